The van der Waals surface area contributed by atoms with Crippen LogP contribution in [0.3, 0.4) is 0 Å². The molecule has 7 heteroatoms. The van der Waals surface area contributed by atoms with Crippen LogP contribution >= 0.6 is 0 Å². The molecule has 26 heavy (non-hydrogen) atoms. The third kappa shape index (κ3) is 3.72. The number of aliphatic hydroxyl groups is 1. The van der Waals surface area contributed by atoms with E-state index in [0.717, 1.165) is 36.3 Å². The molecule has 1 N–H and O–H groups in total. The second-order valence-corrected chi connectivity index (χ2v) is 6.84. The Balaban J connectivity index is 1.70. The second-order valence-electron chi connectivity index (χ2n) is 6.84. The fourth-order valence-electron chi connectivity index (χ4n) is 3.59. The summed E-state index contributed by atoms with van der Waals surface area (Å²) in [6, 6.07) is 7.46. The first-order valence-electron chi connectivity index (χ1n) is 9.13. The van der Waals surface area contributed by atoms with E-state index in [9.17, 15) is 9.59 Å². The van der Waals surface area contributed by atoms with Gasteiger partial charge in [-0.3, -0.25) is 9.36 Å². The van der Waals surface area contributed by atoms with Gasteiger partial charge in [-0.25, -0.2) is 9.48 Å². The first kappa shape index (κ1) is 18.4. The van der Waals surface area contributed by atoms with E-state index in [2.05, 4.69) is 5.10 Å². The van der Waals surface area contributed by atoms with Crippen molar-refractivity contribution >= 4 is 5.91 Å². The van der Waals surface area contributed by atoms with E-state index in [4.69, 9.17) is 5.11 Å². The van der Waals surface area contributed by atoms with E-state index in [1.165, 1.54) is 4.68 Å². The minimum atomic E-state index is -0.102. The molecular formula is C19H26N4O3. The van der Waals surface area contributed by atoms with E-state index in [1.807, 2.05) is 36.1 Å². The molecular weight excluding hydrogens is 332 g/mol. The highest BCUT2D eigenvalue weighted by Crippen LogP contribution is 2.25. The molecule has 1 aliphatic heterocycles. The number of nitrogens with zero attached hydrogens (tertiary/aromatic N) is 4. The van der Waals surface area contributed by atoms with Crippen molar-refractivity contribution in [1.29, 1.82) is 0 Å². The van der Waals surface area contributed by atoms with Crippen molar-refractivity contribution in [2.75, 3.05) is 13.1 Å². The lowest BCUT2D eigenvalue weighted by Gasteiger charge is -2.32. The fourth-order valence-corrected chi connectivity index (χ4v) is 3.59. The zero-order valence-electron chi connectivity index (χ0n) is 15.4. The average Bonchev–Trinajstić information content (AvgIpc) is 2.96. The van der Waals surface area contributed by atoms with Crippen LogP contribution in [-0.2, 0) is 31.4 Å². The van der Waals surface area contributed by atoms with Gasteiger partial charge in [-0.2, -0.15) is 5.10 Å². The van der Waals surface area contributed by atoms with Crippen LogP contribution in [0.4, 0.5) is 0 Å². The van der Waals surface area contributed by atoms with Crippen LogP contribution in [0.5, 0.6) is 0 Å². The van der Waals surface area contributed by atoms with E-state index in [1.54, 1.807) is 11.6 Å². The summed E-state index contributed by atoms with van der Waals surface area (Å²) in [7, 11) is 1.67. The molecule has 140 valence electrons. The van der Waals surface area contributed by atoms with Gasteiger partial charge < -0.3 is 10.0 Å². The van der Waals surface area contributed by atoms with Crippen LogP contribution in [0.15, 0.2) is 29.1 Å². The molecule has 1 aromatic heterocycles. The van der Waals surface area contributed by atoms with Gasteiger partial charge in [-0.15, -0.1) is 0 Å². The molecule has 0 radical (unpaired) electrons. The van der Waals surface area contributed by atoms with Gasteiger partial charge in [0.05, 0.1) is 13.0 Å². The van der Waals surface area contributed by atoms with Crippen LogP contribution in [0, 0.1) is 0 Å². The molecule has 1 aliphatic rings. The molecule has 0 aliphatic carbocycles. The summed E-state index contributed by atoms with van der Waals surface area (Å²) in [5.74, 6) is 0.968. The van der Waals surface area contributed by atoms with Gasteiger partial charge in [0.1, 0.15) is 5.82 Å². The van der Waals surface area contributed by atoms with E-state index in [0.29, 0.717) is 19.5 Å². The molecule has 1 saturated heterocycles. The molecule has 0 spiro atoms. The minimum absolute atomic E-state index is 0.00520. The number of carbonyl (C=O) groups is 1. The van der Waals surface area contributed by atoms with Crippen molar-refractivity contribution < 1.29 is 9.90 Å². The van der Waals surface area contributed by atoms with Gasteiger partial charge in [0.15, 0.2) is 0 Å². The average molecular weight is 358 g/mol. The van der Waals surface area contributed by atoms with Crippen molar-refractivity contribution in [2.45, 2.75) is 45.3 Å². The van der Waals surface area contributed by atoms with Crippen LogP contribution in [0.25, 0.3) is 0 Å². The number of carbonyl (C=O) groups excluding carboxylic acids is 1. The zero-order valence-corrected chi connectivity index (χ0v) is 15.4. The summed E-state index contributed by atoms with van der Waals surface area (Å²) < 4.78 is 3.08. The number of hydrogen-bond acceptors (Lipinski definition) is 4. The highest BCUT2D eigenvalue weighted by molar-refractivity contribution is 5.79. The van der Waals surface area contributed by atoms with Crippen LogP contribution < -0.4 is 5.69 Å². The summed E-state index contributed by atoms with van der Waals surface area (Å²) >= 11 is 0. The predicted molar refractivity (Wildman–Crippen MR) is 97.8 cm³/mol. The highest BCUT2D eigenvalue weighted by Gasteiger charge is 2.28. The molecule has 1 amide bonds. The Hall–Kier alpha value is -2.41. The normalized spacial score (nSPS) is 17.5. The third-order valence-electron chi connectivity index (χ3n) is 5.05. The van der Waals surface area contributed by atoms with Crippen molar-refractivity contribution in [1.82, 2.24) is 19.2 Å². The molecule has 2 aromatic rings. The number of aryl methyl sites for hydroxylation is 1. The second kappa shape index (κ2) is 7.86. The Kier molecular flexibility index (Phi) is 5.56. The summed E-state index contributed by atoms with van der Waals surface area (Å²) in [4.78, 5) is 26.7. The predicted octanol–water partition coefficient (Wildman–Crippen LogP) is 1.04. The van der Waals surface area contributed by atoms with E-state index < -0.39 is 0 Å². The molecule has 1 atom stereocenters. The molecule has 1 unspecified atom stereocenters. The lowest BCUT2D eigenvalue weighted by Crippen LogP contribution is -2.40. The molecule has 1 fully saturated rings. The van der Waals surface area contributed by atoms with Crippen LogP contribution in [0.2, 0.25) is 0 Å². The first-order chi connectivity index (χ1) is 12.5. The first-order valence-corrected chi connectivity index (χ1v) is 9.13. The maximum absolute atomic E-state index is 12.7. The molecule has 1 aromatic carbocycles. The molecule has 3 rings (SSSR count). The lowest BCUT2D eigenvalue weighted by molar-refractivity contribution is -0.131. The van der Waals surface area contributed by atoms with Crippen molar-refractivity contribution in [3.8, 4) is 0 Å². The van der Waals surface area contributed by atoms with Crippen molar-refractivity contribution in [3.05, 3.63) is 51.7 Å². The van der Waals surface area contributed by atoms with E-state index >= 15 is 0 Å². The fraction of sp³-hybridized carbons (Fsp3) is 0.526. The SMILES string of the molecule is CCn1c(C2CCCN(C(=O)Cc3ccc(CO)cc3)C2)nn(C)c1=O. The van der Waals surface area contributed by atoms with Crippen molar-refractivity contribution in [3.63, 3.8) is 0 Å². The summed E-state index contributed by atoms with van der Waals surface area (Å²) in [6.45, 7) is 3.88. The van der Waals surface area contributed by atoms with Gasteiger partial charge in [-0.05, 0) is 30.9 Å². The Morgan fingerprint density at radius 2 is 1.96 bits per heavy atom. The van der Waals surface area contributed by atoms with E-state index in [-0.39, 0.29) is 24.1 Å². The topological polar surface area (TPSA) is 80.4 Å². The van der Waals surface area contributed by atoms with Gasteiger partial charge >= 0.3 is 5.69 Å². The molecule has 2 heterocycles. The van der Waals surface area contributed by atoms with Gasteiger partial charge in [0.2, 0.25) is 5.91 Å². The number of aliphatic hydroxyl groups excluding tert-OH is 1. The number of amides is 1. The number of benzene rings is 1. The third-order valence-corrected chi connectivity index (χ3v) is 5.05. The Morgan fingerprint density at radius 1 is 1.27 bits per heavy atom. The molecule has 0 saturated carbocycles. The monoisotopic (exact) mass is 358 g/mol. The summed E-state index contributed by atoms with van der Waals surface area (Å²) in [5.41, 5.74) is 1.68. The maximum Gasteiger partial charge on any atom is 0.345 e. The van der Waals surface area contributed by atoms with Gasteiger partial charge in [-0.1, -0.05) is 24.3 Å². The lowest BCUT2D eigenvalue weighted by atomic mass is 9.96. The quantitative estimate of drug-likeness (QED) is 0.866. The largest absolute Gasteiger partial charge is 0.392 e. The Morgan fingerprint density at radius 3 is 2.62 bits per heavy atom. The van der Waals surface area contributed by atoms with Gasteiger partial charge in [0, 0.05) is 32.6 Å². The summed E-state index contributed by atoms with van der Waals surface area (Å²) in [6.07, 6.45) is 2.20. The molecule has 7 nitrogen and oxygen atoms in total. The number of aromatic nitrogens is 3. The van der Waals surface area contributed by atoms with Gasteiger partial charge in [0.25, 0.3) is 0 Å². The van der Waals surface area contributed by atoms with Crippen LogP contribution in [-0.4, -0.2) is 43.4 Å². The summed E-state index contributed by atoms with van der Waals surface area (Å²) in [5, 5.41) is 13.5. The molecule has 0 bridgehead atoms. The Labute approximate surface area is 152 Å². The standard InChI is InChI=1S/C19H26N4O3/c1-3-23-18(20-21(2)19(23)26)16-5-4-10-22(12-16)17(25)11-14-6-8-15(13-24)9-7-14/h6-9,16,24H,3-5,10-13H2,1-2H3. The highest BCUT2D eigenvalue weighted by atomic mass is 16.3. The minimum Gasteiger partial charge on any atom is -0.392 e. The number of rotatable bonds is 5. The number of hydrogen-bond donors (Lipinski definition) is 1. The van der Waals surface area contributed by atoms with Crippen LogP contribution in [0.1, 0.15) is 42.6 Å². The Bertz CT molecular complexity index is 822. The number of likely N-dealkylation sites (tertiary alicyclic amines) is 1. The zero-order chi connectivity index (χ0) is 18.7. The van der Waals surface area contributed by atoms with Crippen molar-refractivity contribution in [2.24, 2.45) is 7.05 Å². The number of piperidine rings is 1. The smallest absolute Gasteiger partial charge is 0.345 e. The maximum atomic E-state index is 12.7.